The van der Waals surface area contributed by atoms with E-state index in [1.54, 1.807) is 15.9 Å². The Morgan fingerprint density at radius 2 is 2.14 bits per heavy atom. The van der Waals surface area contributed by atoms with Crippen LogP contribution in [0.5, 0.6) is 0 Å². The molecule has 0 aromatic carbocycles. The van der Waals surface area contributed by atoms with E-state index in [0.717, 1.165) is 11.4 Å². The van der Waals surface area contributed by atoms with Crippen molar-refractivity contribution in [3.8, 4) is 11.4 Å². The molecule has 1 atom stereocenters. The van der Waals surface area contributed by atoms with Gasteiger partial charge in [-0.3, -0.25) is 0 Å². The predicted molar refractivity (Wildman–Crippen MR) is 83.4 cm³/mol. The lowest BCUT2D eigenvalue weighted by atomic mass is 10.1. The van der Waals surface area contributed by atoms with Crippen molar-refractivity contribution in [2.45, 2.75) is 19.9 Å². The van der Waals surface area contributed by atoms with E-state index in [1.165, 1.54) is 0 Å². The van der Waals surface area contributed by atoms with E-state index in [4.69, 9.17) is 0 Å². The number of anilines is 1. The molecule has 0 aliphatic rings. The number of aliphatic hydroxyl groups is 1. The van der Waals surface area contributed by atoms with E-state index in [-0.39, 0.29) is 12.6 Å². The summed E-state index contributed by atoms with van der Waals surface area (Å²) in [7, 11) is 0. The molecule has 0 radical (unpaired) electrons. The summed E-state index contributed by atoms with van der Waals surface area (Å²) in [5, 5.41) is 29.5. The van der Waals surface area contributed by atoms with Crippen LogP contribution in [0.2, 0.25) is 0 Å². The Morgan fingerprint density at radius 1 is 1.29 bits per heavy atom. The lowest BCUT2D eigenvalue weighted by Gasteiger charge is -2.20. The lowest BCUT2D eigenvalue weighted by molar-refractivity contribution is 0.249. The Bertz CT molecular complexity index is 722. The van der Waals surface area contributed by atoms with Crippen molar-refractivity contribution >= 4 is 22.8 Å². The quantitative estimate of drug-likeness (QED) is 0.756. The molecule has 110 valence electrons. The third-order valence-corrected chi connectivity index (χ3v) is 4.06. The van der Waals surface area contributed by atoms with Gasteiger partial charge in [0, 0.05) is 10.9 Å². The molecule has 3 heterocycles. The van der Waals surface area contributed by atoms with Crippen molar-refractivity contribution in [1.82, 2.24) is 19.8 Å². The van der Waals surface area contributed by atoms with Crippen LogP contribution in [0, 0.1) is 5.92 Å². The molecular weight excluding hydrogens is 286 g/mol. The van der Waals surface area contributed by atoms with Crippen LogP contribution >= 0.6 is 11.3 Å². The first-order valence-electron chi connectivity index (χ1n) is 6.81. The Balaban J connectivity index is 1.97. The number of hydrogen-bond donors (Lipinski definition) is 2. The molecule has 0 aliphatic carbocycles. The molecule has 0 saturated heterocycles. The van der Waals surface area contributed by atoms with Gasteiger partial charge >= 0.3 is 0 Å². The van der Waals surface area contributed by atoms with Crippen molar-refractivity contribution in [3.63, 3.8) is 0 Å². The van der Waals surface area contributed by atoms with Gasteiger partial charge in [0.2, 0.25) is 0 Å². The molecule has 0 amide bonds. The minimum atomic E-state index is -0.0315. The molecule has 0 aliphatic heterocycles. The van der Waals surface area contributed by atoms with E-state index in [2.05, 4.69) is 34.5 Å². The molecule has 21 heavy (non-hydrogen) atoms. The number of aliphatic hydroxyl groups excluding tert-OH is 1. The Morgan fingerprint density at radius 3 is 2.81 bits per heavy atom. The summed E-state index contributed by atoms with van der Waals surface area (Å²) in [6.07, 6.45) is 0. The molecule has 0 bridgehead atoms. The van der Waals surface area contributed by atoms with E-state index in [9.17, 15) is 5.11 Å². The zero-order chi connectivity index (χ0) is 14.8. The molecule has 2 N–H and O–H groups in total. The van der Waals surface area contributed by atoms with Gasteiger partial charge in [0.1, 0.15) is 5.82 Å². The molecule has 0 saturated carbocycles. The van der Waals surface area contributed by atoms with Crippen molar-refractivity contribution < 1.29 is 5.11 Å². The fraction of sp³-hybridized carbons (Fsp3) is 0.357. The van der Waals surface area contributed by atoms with Crippen molar-refractivity contribution in [1.29, 1.82) is 0 Å². The minimum absolute atomic E-state index is 0.0315. The Hall–Kier alpha value is -1.99. The topological polar surface area (TPSA) is 75.3 Å². The zero-order valence-electron chi connectivity index (χ0n) is 11.9. The molecule has 3 aromatic heterocycles. The second kappa shape index (κ2) is 5.79. The van der Waals surface area contributed by atoms with Gasteiger partial charge in [0.05, 0.1) is 12.6 Å². The smallest absolute Gasteiger partial charge is 0.186 e. The van der Waals surface area contributed by atoms with E-state index >= 15 is 0 Å². The summed E-state index contributed by atoms with van der Waals surface area (Å²) in [6.45, 7) is 4.18. The van der Waals surface area contributed by atoms with Gasteiger partial charge in [-0.15, -0.1) is 15.3 Å². The lowest BCUT2D eigenvalue weighted by Crippen LogP contribution is -2.30. The number of hydrogen-bond acceptors (Lipinski definition) is 6. The molecule has 7 heteroatoms. The largest absolute Gasteiger partial charge is 0.394 e. The highest BCUT2D eigenvalue weighted by Crippen LogP contribution is 2.21. The highest BCUT2D eigenvalue weighted by Gasteiger charge is 2.14. The molecule has 0 unspecified atom stereocenters. The minimum Gasteiger partial charge on any atom is -0.394 e. The maximum atomic E-state index is 9.42. The van der Waals surface area contributed by atoms with Gasteiger partial charge in [0.15, 0.2) is 11.5 Å². The highest BCUT2D eigenvalue weighted by atomic mass is 32.1. The maximum Gasteiger partial charge on any atom is 0.186 e. The third kappa shape index (κ3) is 2.74. The molecule has 3 aromatic rings. The monoisotopic (exact) mass is 303 g/mol. The van der Waals surface area contributed by atoms with Crippen molar-refractivity contribution in [2.24, 2.45) is 5.92 Å². The first-order valence-corrected chi connectivity index (χ1v) is 7.75. The zero-order valence-corrected chi connectivity index (χ0v) is 12.7. The second-order valence-corrected chi connectivity index (χ2v) is 5.98. The van der Waals surface area contributed by atoms with Gasteiger partial charge in [-0.25, -0.2) is 0 Å². The van der Waals surface area contributed by atoms with Crippen LogP contribution in [-0.2, 0) is 0 Å². The fourth-order valence-electron chi connectivity index (χ4n) is 2.05. The van der Waals surface area contributed by atoms with Crippen LogP contribution in [0.15, 0.2) is 29.0 Å². The van der Waals surface area contributed by atoms with Crippen LogP contribution in [0.3, 0.4) is 0 Å². The van der Waals surface area contributed by atoms with Gasteiger partial charge in [-0.1, -0.05) is 13.8 Å². The van der Waals surface area contributed by atoms with Gasteiger partial charge in [-0.05, 0) is 29.5 Å². The van der Waals surface area contributed by atoms with Crippen LogP contribution in [0.25, 0.3) is 17.0 Å². The second-order valence-electron chi connectivity index (χ2n) is 5.20. The van der Waals surface area contributed by atoms with Gasteiger partial charge < -0.3 is 10.4 Å². The average molecular weight is 303 g/mol. The van der Waals surface area contributed by atoms with Gasteiger partial charge in [0.25, 0.3) is 0 Å². The highest BCUT2D eigenvalue weighted by molar-refractivity contribution is 7.08. The summed E-state index contributed by atoms with van der Waals surface area (Å²) in [4.78, 5) is 0. The number of nitrogens with zero attached hydrogens (tertiary/aromatic N) is 4. The number of aromatic nitrogens is 4. The van der Waals surface area contributed by atoms with Crippen molar-refractivity contribution in [2.75, 3.05) is 11.9 Å². The SMILES string of the molecule is CC(C)[C@@H](CO)Nc1ccc2nnc(-c3ccsc3)n2n1. The summed E-state index contributed by atoms with van der Waals surface area (Å²) >= 11 is 1.61. The molecule has 6 nitrogen and oxygen atoms in total. The van der Waals surface area contributed by atoms with E-state index in [1.807, 2.05) is 29.0 Å². The summed E-state index contributed by atoms with van der Waals surface area (Å²) in [5.41, 5.74) is 1.70. The Kier molecular flexibility index (Phi) is 3.85. The molecule has 3 rings (SSSR count). The maximum absolute atomic E-state index is 9.42. The van der Waals surface area contributed by atoms with Crippen LogP contribution in [-0.4, -0.2) is 37.6 Å². The number of thiophene rings is 1. The van der Waals surface area contributed by atoms with Crippen LogP contribution in [0.1, 0.15) is 13.8 Å². The molecular formula is C14H17N5OS. The average Bonchev–Trinajstić information content (AvgIpc) is 3.12. The predicted octanol–water partition coefficient (Wildman–Crippen LogP) is 2.28. The van der Waals surface area contributed by atoms with Crippen LogP contribution in [0.4, 0.5) is 5.82 Å². The summed E-state index contributed by atoms with van der Waals surface area (Å²) < 4.78 is 1.72. The van der Waals surface area contributed by atoms with E-state index in [0.29, 0.717) is 17.4 Å². The van der Waals surface area contributed by atoms with Crippen molar-refractivity contribution in [3.05, 3.63) is 29.0 Å². The number of rotatable bonds is 5. The Labute approximate surface area is 126 Å². The normalized spacial score (nSPS) is 13.0. The first kappa shape index (κ1) is 14.0. The summed E-state index contributed by atoms with van der Waals surface area (Å²) in [5.74, 6) is 1.73. The molecule has 0 spiro atoms. The fourth-order valence-corrected chi connectivity index (χ4v) is 2.68. The molecule has 0 fully saturated rings. The van der Waals surface area contributed by atoms with Crippen LogP contribution < -0.4 is 5.32 Å². The third-order valence-electron chi connectivity index (χ3n) is 3.38. The first-order chi connectivity index (χ1) is 10.2. The standard InChI is InChI=1S/C14H17N5OS/c1-9(2)11(7-20)15-12-3-4-13-16-17-14(19(13)18-12)10-5-6-21-8-10/h3-6,8-9,11,20H,7H2,1-2H3,(H,15,18)/t11-/m1/s1. The number of fused-ring (bicyclic) bond motifs is 1. The number of nitrogens with one attached hydrogen (secondary N) is 1. The summed E-state index contributed by atoms with van der Waals surface area (Å²) in [6, 6.07) is 5.68. The van der Waals surface area contributed by atoms with E-state index < -0.39 is 0 Å². The van der Waals surface area contributed by atoms with Gasteiger partial charge in [-0.2, -0.15) is 15.9 Å².